The van der Waals surface area contributed by atoms with Crippen LogP contribution in [0.4, 0.5) is 0 Å². The van der Waals surface area contributed by atoms with Crippen molar-refractivity contribution >= 4 is 21.6 Å². The minimum Gasteiger partial charge on any atom is -0.335 e. The molecular formula is C14H18ClN3O2S. The fourth-order valence-corrected chi connectivity index (χ4v) is 3.57. The van der Waals surface area contributed by atoms with Gasteiger partial charge in [0.05, 0.1) is 12.5 Å². The van der Waals surface area contributed by atoms with Gasteiger partial charge in [-0.25, -0.2) is 13.4 Å². The van der Waals surface area contributed by atoms with Gasteiger partial charge < -0.3 is 4.98 Å². The molecule has 5 nitrogen and oxygen atoms in total. The fraction of sp³-hybridized carbons (Fsp3) is 0.357. The van der Waals surface area contributed by atoms with E-state index in [9.17, 15) is 8.42 Å². The van der Waals surface area contributed by atoms with Crippen LogP contribution in [0.25, 0.3) is 0 Å². The molecule has 1 heterocycles. The topological polar surface area (TPSA) is 66.1 Å². The highest BCUT2D eigenvalue weighted by atomic mass is 35.5. The molecule has 21 heavy (non-hydrogen) atoms. The van der Waals surface area contributed by atoms with Crippen LogP contribution in [0.3, 0.4) is 0 Å². The normalized spacial score (nSPS) is 15.1. The largest absolute Gasteiger partial charge is 0.335 e. The number of sulfonamides is 1. The molecule has 2 aromatic rings. The van der Waals surface area contributed by atoms with Crippen molar-refractivity contribution in [3.8, 4) is 0 Å². The first-order valence-corrected chi connectivity index (χ1v) is 8.37. The minimum atomic E-state index is -3.57. The molecule has 1 aromatic heterocycles. The van der Waals surface area contributed by atoms with Gasteiger partial charge in [0.2, 0.25) is 0 Å². The zero-order valence-electron chi connectivity index (χ0n) is 12.1. The average molecular weight is 328 g/mol. The van der Waals surface area contributed by atoms with Gasteiger partial charge in [0, 0.05) is 18.1 Å². The molecule has 0 aliphatic rings. The predicted octanol–water partition coefficient (Wildman–Crippen LogP) is 2.88. The third-order valence-corrected chi connectivity index (χ3v) is 5.94. The van der Waals surface area contributed by atoms with Gasteiger partial charge in [0.1, 0.15) is 0 Å². The van der Waals surface area contributed by atoms with Crippen molar-refractivity contribution in [2.75, 3.05) is 7.05 Å². The van der Waals surface area contributed by atoms with E-state index in [0.29, 0.717) is 5.02 Å². The molecule has 2 atom stereocenters. The number of halogens is 1. The smallest absolute Gasteiger partial charge is 0.260 e. The van der Waals surface area contributed by atoms with Crippen molar-refractivity contribution in [2.24, 2.45) is 0 Å². The van der Waals surface area contributed by atoms with Gasteiger partial charge in [-0.1, -0.05) is 30.7 Å². The Morgan fingerprint density at radius 3 is 2.38 bits per heavy atom. The van der Waals surface area contributed by atoms with E-state index in [1.54, 1.807) is 7.05 Å². The maximum atomic E-state index is 12.5. The number of nitrogens with one attached hydrogen (secondary N) is 1. The molecule has 0 bridgehead atoms. The van der Waals surface area contributed by atoms with Crippen molar-refractivity contribution in [1.29, 1.82) is 0 Å². The predicted molar refractivity (Wildman–Crippen MR) is 82.9 cm³/mol. The molecule has 0 spiro atoms. The molecule has 0 saturated heterocycles. The lowest BCUT2D eigenvalue weighted by atomic mass is 9.95. The Morgan fingerprint density at radius 2 is 1.86 bits per heavy atom. The Hall–Kier alpha value is -1.37. The van der Waals surface area contributed by atoms with Gasteiger partial charge in [-0.3, -0.25) is 0 Å². The molecular weight excluding hydrogens is 310 g/mol. The SMILES string of the molecule is C[C@H](c1ccc(Cl)cc1)[C@@H](C)N(C)S(=O)(=O)c1cnc[nH]1. The zero-order valence-corrected chi connectivity index (χ0v) is 13.7. The summed E-state index contributed by atoms with van der Waals surface area (Å²) in [4.78, 5) is 6.41. The lowest BCUT2D eigenvalue weighted by molar-refractivity contribution is 0.349. The second-order valence-corrected chi connectivity index (χ2v) is 7.42. The standard InChI is InChI=1S/C14H18ClN3O2S/c1-10(12-4-6-13(15)7-5-12)11(2)18(3)21(19,20)14-8-16-9-17-14/h4-11H,1-3H3,(H,16,17)/t10-,11+/m0/s1. The number of H-pyrrole nitrogens is 1. The Labute approximate surface area is 130 Å². The molecule has 0 radical (unpaired) electrons. The third-order valence-electron chi connectivity index (χ3n) is 3.82. The van der Waals surface area contributed by atoms with Gasteiger partial charge in [-0.05, 0) is 30.5 Å². The number of aromatic amines is 1. The quantitative estimate of drug-likeness (QED) is 0.918. The van der Waals surface area contributed by atoms with Crippen LogP contribution in [0.5, 0.6) is 0 Å². The minimum absolute atomic E-state index is 0.0324. The highest BCUT2D eigenvalue weighted by molar-refractivity contribution is 7.89. The Kier molecular flexibility index (Phi) is 4.70. The maximum absolute atomic E-state index is 12.5. The Balaban J connectivity index is 2.23. The number of nitrogens with zero attached hydrogens (tertiary/aromatic N) is 2. The lowest BCUT2D eigenvalue weighted by Gasteiger charge is -2.29. The van der Waals surface area contributed by atoms with E-state index in [1.807, 2.05) is 38.1 Å². The maximum Gasteiger partial charge on any atom is 0.260 e. The number of benzene rings is 1. The summed E-state index contributed by atoms with van der Waals surface area (Å²) in [6.45, 7) is 3.88. The molecule has 0 unspecified atom stereocenters. The van der Waals surface area contributed by atoms with Crippen LogP contribution in [0, 0.1) is 0 Å². The Bertz CT molecular complexity index is 684. The number of hydrogen-bond acceptors (Lipinski definition) is 3. The van der Waals surface area contributed by atoms with E-state index in [0.717, 1.165) is 5.56 Å². The van der Waals surface area contributed by atoms with Crippen LogP contribution >= 0.6 is 11.6 Å². The van der Waals surface area contributed by atoms with Crippen LogP contribution in [0.2, 0.25) is 5.02 Å². The second-order valence-electron chi connectivity index (χ2n) is 5.02. The van der Waals surface area contributed by atoms with Crippen molar-refractivity contribution in [3.05, 3.63) is 47.4 Å². The van der Waals surface area contributed by atoms with Gasteiger partial charge in [-0.2, -0.15) is 4.31 Å². The highest BCUT2D eigenvalue weighted by Gasteiger charge is 2.30. The first-order valence-electron chi connectivity index (χ1n) is 6.56. The van der Waals surface area contributed by atoms with E-state index >= 15 is 0 Å². The van der Waals surface area contributed by atoms with Gasteiger partial charge >= 0.3 is 0 Å². The van der Waals surface area contributed by atoms with Crippen LogP contribution in [-0.4, -0.2) is 35.8 Å². The molecule has 2 rings (SSSR count). The number of hydrogen-bond donors (Lipinski definition) is 1. The third kappa shape index (κ3) is 3.28. The number of rotatable bonds is 5. The molecule has 7 heteroatoms. The van der Waals surface area contributed by atoms with Gasteiger partial charge in [0.15, 0.2) is 5.03 Å². The van der Waals surface area contributed by atoms with Gasteiger partial charge in [0.25, 0.3) is 10.0 Å². The summed E-state index contributed by atoms with van der Waals surface area (Å²) in [5, 5.41) is 0.761. The summed E-state index contributed by atoms with van der Waals surface area (Å²) in [7, 11) is -1.99. The summed E-state index contributed by atoms with van der Waals surface area (Å²) >= 11 is 5.88. The monoisotopic (exact) mass is 327 g/mol. The lowest BCUT2D eigenvalue weighted by Crippen LogP contribution is -2.38. The second kappa shape index (κ2) is 6.17. The average Bonchev–Trinajstić information content (AvgIpc) is 3.00. The van der Waals surface area contributed by atoms with Crippen molar-refractivity contribution in [1.82, 2.24) is 14.3 Å². The van der Waals surface area contributed by atoms with Crippen molar-refractivity contribution < 1.29 is 8.42 Å². The molecule has 0 saturated carbocycles. The molecule has 1 N–H and O–H groups in total. The van der Waals surface area contributed by atoms with Crippen LogP contribution in [-0.2, 0) is 10.0 Å². The van der Waals surface area contributed by atoms with Crippen LogP contribution < -0.4 is 0 Å². The first-order chi connectivity index (χ1) is 9.84. The van der Waals surface area contributed by atoms with E-state index in [1.165, 1.54) is 16.8 Å². The zero-order chi connectivity index (χ0) is 15.6. The molecule has 0 aliphatic heterocycles. The fourth-order valence-electron chi connectivity index (χ4n) is 2.12. The number of aromatic nitrogens is 2. The summed E-state index contributed by atoms with van der Waals surface area (Å²) in [5.41, 5.74) is 1.04. The summed E-state index contributed by atoms with van der Waals surface area (Å²) in [5.74, 6) is 0.0324. The van der Waals surface area contributed by atoms with E-state index in [-0.39, 0.29) is 17.0 Å². The van der Waals surface area contributed by atoms with E-state index in [4.69, 9.17) is 11.6 Å². The molecule has 1 aromatic carbocycles. The number of likely N-dealkylation sites (N-methyl/N-ethyl adjacent to an activating group) is 1. The summed E-state index contributed by atoms with van der Waals surface area (Å²) in [6, 6.07) is 7.24. The highest BCUT2D eigenvalue weighted by Crippen LogP contribution is 2.26. The van der Waals surface area contributed by atoms with Crippen molar-refractivity contribution in [2.45, 2.75) is 30.8 Å². The summed E-state index contributed by atoms with van der Waals surface area (Å²) < 4.78 is 26.3. The molecule has 0 amide bonds. The molecule has 0 fully saturated rings. The van der Waals surface area contributed by atoms with Crippen LogP contribution in [0.1, 0.15) is 25.3 Å². The van der Waals surface area contributed by atoms with E-state index in [2.05, 4.69) is 9.97 Å². The molecule has 0 aliphatic carbocycles. The Morgan fingerprint density at radius 1 is 1.24 bits per heavy atom. The first kappa shape index (κ1) is 16.0. The number of imidazole rings is 1. The van der Waals surface area contributed by atoms with E-state index < -0.39 is 10.0 Å². The van der Waals surface area contributed by atoms with Crippen molar-refractivity contribution in [3.63, 3.8) is 0 Å². The van der Waals surface area contributed by atoms with Crippen LogP contribution in [0.15, 0.2) is 41.8 Å². The summed E-state index contributed by atoms with van der Waals surface area (Å²) in [6.07, 6.45) is 2.67. The van der Waals surface area contributed by atoms with Gasteiger partial charge in [-0.15, -0.1) is 0 Å². The molecule has 114 valence electrons.